The fourth-order valence-electron chi connectivity index (χ4n) is 1.88. The lowest BCUT2D eigenvalue weighted by Crippen LogP contribution is -2.36. The molecule has 0 spiro atoms. The van der Waals surface area contributed by atoms with Gasteiger partial charge in [0.2, 0.25) is 11.8 Å². The summed E-state index contributed by atoms with van der Waals surface area (Å²) in [6.45, 7) is 2.13. The van der Waals surface area contributed by atoms with Crippen LogP contribution in [0.2, 0.25) is 5.02 Å². The molecule has 112 valence electrons. The Kier molecular flexibility index (Phi) is 5.30. The summed E-state index contributed by atoms with van der Waals surface area (Å²) in [7, 11) is 0. The van der Waals surface area contributed by atoms with Gasteiger partial charge in [-0.05, 0) is 18.6 Å². The first kappa shape index (κ1) is 15.5. The molecule has 0 amide bonds. The van der Waals surface area contributed by atoms with Crippen LogP contribution in [0.1, 0.15) is 25.7 Å². The summed E-state index contributed by atoms with van der Waals surface area (Å²) in [6.07, 6.45) is 1.32. The zero-order chi connectivity index (χ0) is 15.2. The Morgan fingerprint density at radius 2 is 2.19 bits per heavy atom. The first-order valence-electron chi connectivity index (χ1n) is 6.65. The molecule has 7 heteroatoms. The van der Waals surface area contributed by atoms with Crippen molar-refractivity contribution < 1.29 is 14.3 Å². The fourth-order valence-corrected chi connectivity index (χ4v) is 2.10. The average Bonchev–Trinajstić information content (AvgIpc) is 2.92. The van der Waals surface area contributed by atoms with Crippen LogP contribution < -0.4 is 5.32 Å². The monoisotopic (exact) mass is 309 g/mol. The van der Waals surface area contributed by atoms with Gasteiger partial charge in [-0.3, -0.25) is 10.1 Å². The molecule has 1 atom stereocenters. The number of hydrogen-bond donors (Lipinski definition) is 2. The van der Waals surface area contributed by atoms with Crippen molar-refractivity contribution in [3.63, 3.8) is 0 Å². The number of halogens is 1. The summed E-state index contributed by atoms with van der Waals surface area (Å²) < 4.78 is 5.50. The van der Waals surface area contributed by atoms with E-state index in [1.807, 2.05) is 19.1 Å². The molecule has 0 radical (unpaired) electrons. The standard InChI is InChI=1S/C14H16ClN3O3/c1-2-5-11(14(19)20)16-8-12-17-18-13(21-12)9-6-3-4-7-10(9)15/h3-4,6-7,11,16H,2,5,8H2,1H3,(H,19,20). The minimum Gasteiger partial charge on any atom is -0.480 e. The molecular formula is C14H16ClN3O3. The van der Waals surface area contributed by atoms with E-state index in [2.05, 4.69) is 15.5 Å². The number of carboxylic acid groups (broad SMARTS) is 1. The number of rotatable bonds is 7. The second kappa shape index (κ2) is 7.19. The third-order valence-electron chi connectivity index (χ3n) is 2.95. The molecule has 0 saturated carbocycles. The highest BCUT2D eigenvalue weighted by molar-refractivity contribution is 6.33. The van der Waals surface area contributed by atoms with Crippen LogP contribution >= 0.6 is 11.6 Å². The maximum absolute atomic E-state index is 11.0. The molecule has 1 heterocycles. The zero-order valence-electron chi connectivity index (χ0n) is 11.5. The Morgan fingerprint density at radius 1 is 1.43 bits per heavy atom. The lowest BCUT2D eigenvalue weighted by atomic mass is 10.2. The number of carbonyl (C=O) groups is 1. The van der Waals surface area contributed by atoms with E-state index in [9.17, 15) is 4.79 Å². The number of aromatic nitrogens is 2. The maximum Gasteiger partial charge on any atom is 0.320 e. The van der Waals surface area contributed by atoms with E-state index in [1.165, 1.54) is 0 Å². The number of hydrogen-bond acceptors (Lipinski definition) is 5. The molecule has 21 heavy (non-hydrogen) atoms. The van der Waals surface area contributed by atoms with Crippen molar-refractivity contribution in [2.24, 2.45) is 0 Å². The normalized spacial score (nSPS) is 12.3. The van der Waals surface area contributed by atoms with Gasteiger partial charge in [0.05, 0.1) is 17.1 Å². The smallest absolute Gasteiger partial charge is 0.320 e. The Bertz CT molecular complexity index is 615. The third-order valence-corrected chi connectivity index (χ3v) is 3.28. The van der Waals surface area contributed by atoms with Gasteiger partial charge in [0.15, 0.2) is 0 Å². The molecule has 1 aromatic heterocycles. The van der Waals surface area contributed by atoms with Gasteiger partial charge >= 0.3 is 5.97 Å². The first-order valence-corrected chi connectivity index (χ1v) is 7.03. The molecule has 2 N–H and O–H groups in total. The second-order valence-corrected chi connectivity index (χ2v) is 4.95. The van der Waals surface area contributed by atoms with Crippen LogP contribution in [0.4, 0.5) is 0 Å². The Balaban J connectivity index is 2.04. The van der Waals surface area contributed by atoms with Gasteiger partial charge in [-0.1, -0.05) is 37.1 Å². The molecule has 0 saturated heterocycles. The number of benzene rings is 1. The highest BCUT2D eigenvalue weighted by Gasteiger charge is 2.17. The molecular weight excluding hydrogens is 294 g/mol. The van der Waals surface area contributed by atoms with Crippen LogP contribution in [0.15, 0.2) is 28.7 Å². The summed E-state index contributed by atoms with van der Waals surface area (Å²) in [5.41, 5.74) is 0.654. The van der Waals surface area contributed by atoms with Crippen molar-refractivity contribution >= 4 is 17.6 Å². The van der Waals surface area contributed by atoms with Crippen molar-refractivity contribution in [3.05, 3.63) is 35.2 Å². The molecule has 0 aliphatic heterocycles. The molecule has 1 unspecified atom stereocenters. The number of carboxylic acids is 1. The largest absolute Gasteiger partial charge is 0.480 e. The van der Waals surface area contributed by atoms with Crippen LogP contribution in [0, 0.1) is 0 Å². The lowest BCUT2D eigenvalue weighted by Gasteiger charge is -2.11. The Labute approximate surface area is 127 Å². The quantitative estimate of drug-likeness (QED) is 0.817. The molecule has 0 bridgehead atoms. The summed E-state index contributed by atoms with van der Waals surface area (Å²) in [4.78, 5) is 11.0. The van der Waals surface area contributed by atoms with E-state index in [1.54, 1.807) is 12.1 Å². The molecule has 2 rings (SSSR count). The van der Waals surface area contributed by atoms with Gasteiger partial charge in [0.1, 0.15) is 6.04 Å². The average molecular weight is 310 g/mol. The summed E-state index contributed by atoms with van der Waals surface area (Å²) in [5, 5.41) is 20.3. The highest BCUT2D eigenvalue weighted by atomic mass is 35.5. The zero-order valence-corrected chi connectivity index (χ0v) is 12.3. The van der Waals surface area contributed by atoms with Crippen molar-refractivity contribution in [2.45, 2.75) is 32.4 Å². The van der Waals surface area contributed by atoms with E-state index in [4.69, 9.17) is 21.1 Å². The number of nitrogens with one attached hydrogen (secondary N) is 1. The lowest BCUT2D eigenvalue weighted by molar-refractivity contribution is -0.139. The summed E-state index contributed by atoms with van der Waals surface area (Å²) in [5.74, 6) is -0.241. The van der Waals surface area contributed by atoms with Gasteiger partial charge in [-0.25, -0.2) is 0 Å². The van der Waals surface area contributed by atoms with Crippen molar-refractivity contribution in [3.8, 4) is 11.5 Å². The van der Waals surface area contributed by atoms with Crippen LogP contribution in [0.5, 0.6) is 0 Å². The van der Waals surface area contributed by atoms with Crippen LogP contribution in [0.3, 0.4) is 0 Å². The van der Waals surface area contributed by atoms with E-state index in [0.717, 1.165) is 6.42 Å². The van der Waals surface area contributed by atoms with Gasteiger partial charge < -0.3 is 9.52 Å². The van der Waals surface area contributed by atoms with Crippen LogP contribution in [0.25, 0.3) is 11.5 Å². The maximum atomic E-state index is 11.0. The van der Waals surface area contributed by atoms with E-state index in [-0.39, 0.29) is 6.54 Å². The molecule has 6 nitrogen and oxygen atoms in total. The predicted octanol–water partition coefficient (Wildman–Crippen LogP) is 2.73. The first-order chi connectivity index (χ1) is 10.1. The molecule has 0 fully saturated rings. The fraction of sp³-hybridized carbons (Fsp3) is 0.357. The van der Waals surface area contributed by atoms with Gasteiger partial charge in [0.25, 0.3) is 0 Å². The number of nitrogens with zero attached hydrogens (tertiary/aromatic N) is 2. The van der Waals surface area contributed by atoms with Gasteiger partial charge in [-0.2, -0.15) is 0 Å². The minimum atomic E-state index is -0.886. The molecule has 0 aliphatic rings. The van der Waals surface area contributed by atoms with Crippen molar-refractivity contribution in [1.29, 1.82) is 0 Å². The Hall–Kier alpha value is -1.92. The molecule has 0 aliphatic carbocycles. The van der Waals surface area contributed by atoms with Gasteiger partial charge in [0, 0.05) is 0 Å². The summed E-state index contributed by atoms with van der Waals surface area (Å²) in [6, 6.07) is 6.54. The predicted molar refractivity (Wildman–Crippen MR) is 77.9 cm³/mol. The van der Waals surface area contributed by atoms with Crippen LogP contribution in [-0.4, -0.2) is 27.3 Å². The summed E-state index contributed by atoms with van der Waals surface area (Å²) >= 11 is 6.06. The van der Waals surface area contributed by atoms with Crippen LogP contribution in [-0.2, 0) is 11.3 Å². The Morgan fingerprint density at radius 3 is 2.86 bits per heavy atom. The SMILES string of the molecule is CCCC(NCc1nnc(-c2ccccc2Cl)o1)C(=O)O. The van der Waals surface area contributed by atoms with Crippen molar-refractivity contribution in [2.75, 3.05) is 0 Å². The minimum absolute atomic E-state index is 0.203. The molecule has 2 aromatic rings. The van der Waals surface area contributed by atoms with Gasteiger partial charge in [-0.15, -0.1) is 10.2 Å². The molecule has 1 aromatic carbocycles. The van der Waals surface area contributed by atoms with E-state index >= 15 is 0 Å². The van der Waals surface area contributed by atoms with E-state index < -0.39 is 12.0 Å². The highest BCUT2D eigenvalue weighted by Crippen LogP contribution is 2.26. The number of aliphatic carboxylic acids is 1. The van der Waals surface area contributed by atoms with E-state index in [0.29, 0.717) is 28.8 Å². The topological polar surface area (TPSA) is 88.3 Å². The second-order valence-electron chi connectivity index (χ2n) is 4.54. The van der Waals surface area contributed by atoms with Crippen molar-refractivity contribution in [1.82, 2.24) is 15.5 Å². The third kappa shape index (κ3) is 4.03.